The van der Waals surface area contributed by atoms with E-state index in [0.29, 0.717) is 26.2 Å². The van der Waals surface area contributed by atoms with E-state index in [1.807, 2.05) is 0 Å². The Labute approximate surface area is 147 Å². The summed E-state index contributed by atoms with van der Waals surface area (Å²) in [5.74, 6) is 0.203. The Morgan fingerprint density at radius 3 is 2.83 bits per heavy atom. The molecular weight excluding hydrogens is 348 g/mol. The molecule has 0 radical (unpaired) electrons. The van der Waals surface area contributed by atoms with Gasteiger partial charge in [0.2, 0.25) is 0 Å². The molecule has 1 N–H and O–H groups in total. The lowest BCUT2D eigenvalue weighted by molar-refractivity contribution is -0.113. The number of aromatic hydroxyl groups is 1. The third-order valence-corrected chi connectivity index (χ3v) is 4.72. The van der Waals surface area contributed by atoms with Crippen LogP contribution in [0, 0.1) is 0 Å². The largest absolute Gasteiger partial charge is 0.507 e. The Balaban J connectivity index is 1.91. The smallest absolute Gasteiger partial charge is 0.341 e. The number of ether oxygens (including phenoxy) is 1. The number of ketones is 1. The van der Waals surface area contributed by atoms with Gasteiger partial charge in [0, 0.05) is 5.56 Å². The lowest BCUT2D eigenvalue weighted by Crippen LogP contribution is -2.01. The van der Waals surface area contributed by atoms with E-state index in [0.717, 1.165) is 0 Å². The van der Waals surface area contributed by atoms with Gasteiger partial charge in [0.05, 0.1) is 22.6 Å². The van der Waals surface area contributed by atoms with E-state index in [4.69, 9.17) is 16.6 Å². The van der Waals surface area contributed by atoms with Gasteiger partial charge in [0.15, 0.2) is 5.78 Å². The molecule has 3 rings (SSSR count). The van der Waals surface area contributed by atoms with Gasteiger partial charge < -0.3 is 14.3 Å². The average Bonchev–Trinajstić information content (AvgIpc) is 3.14. The minimum Gasteiger partial charge on any atom is -0.507 e. The molecule has 2 aromatic rings. The van der Waals surface area contributed by atoms with Crippen molar-refractivity contribution in [1.82, 2.24) is 0 Å². The summed E-state index contributed by atoms with van der Waals surface area (Å²) in [7, 11) is 1.24. The van der Waals surface area contributed by atoms with Crippen LogP contribution in [0.3, 0.4) is 0 Å². The topological polar surface area (TPSA) is 76.7 Å². The Hall–Kier alpha value is -2.38. The predicted octanol–water partition coefficient (Wildman–Crippen LogP) is 3.81. The Kier molecular flexibility index (Phi) is 4.55. The van der Waals surface area contributed by atoms with Crippen LogP contribution in [0.5, 0.6) is 5.75 Å². The highest BCUT2D eigenvalue weighted by molar-refractivity contribution is 8.27. The molecule has 0 amide bonds. The summed E-state index contributed by atoms with van der Waals surface area (Å²) in [6, 6.07) is 7.96. The molecule has 1 aromatic carbocycles. The highest BCUT2D eigenvalue weighted by Gasteiger charge is 2.23. The van der Waals surface area contributed by atoms with Gasteiger partial charge in [-0.3, -0.25) is 4.79 Å². The van der Waals surface area contributed by atoms with Crippen molar-refractivity contribution >= 4 is 46.0 Å². The summed E-state index contributed by atoms with van der Waals surface area (Å²) in [5, 5.41) is 9.74. The number of hydrogen-bond acceptors (Lipinski definition) is 7. The monoisotopic (exact) mass is 360 g/mol. The molecule has 1 aromatic heterocycles. The summed E-state index contributed by atoms with van der Waals surface area (Å²) in [4.78, 5) is 24.0. The predicted molar refractivity (Wildman–Crippen MR) is 94.9 cm³/mol. The second-order valence-electron chi connectivity index (χ2n) is 5.01. The van der Waals surface area contributed by atoms with E-state index < -0.39 is 5.97 Å². The van der Waals surface area contributed by atoms with Crippen LogP contribution in [0.2, 0.25) is 0 Å². The number of phenolic OH excluding ortho intramolecular Hbond substituents is 1. The number of Topliss-reactive ketones (excluding diaryl/α,β-unsaturated/α-hetero) is 1. The van der Waals surface area contributed by atoms with Gasteiger partial charge in [0.25, 0.3) is 0 Å². The standard InChI is InChI=1S/C17H12O5S2/c1-21-17(20)11-6-9(2-4-12(11)18)14-5-3-10(22-14)7-15-13(19)8-16(23)24-15/h2-7,18H,8H2,1H3/b15-7-. The maximum Gasteiger partial charge on any atom is 0.341 e. The third-order valence-electron chi connectivity index (χ3n) is 3.39. The summed E-state index contributed by atoms with van der Waals surface area (Å²) in [6.45, 7) is 0. The second kappa shape index (κ2) is 6.62. The zero-order chi connectivity index (χ0) is 17.3. The van der Waals surface area contributed by atoms with Crippen molar-refractivity contribution in [3.8, 4) is 17.1 Å². The number of methoxy groups -OCH3 is 1. The summed E-state index contributed by atoms with van der Waals surface area (Å²) < 4.78 is 11.0. The van der Waals surface area contributed by atoms with Crippen molar-refractivity contribution in [2.24, 2.45) is 0 Å². The molecule has 1 saturated heterocycles. The summed E-state index contributed by atoms with van der Waals surface area (Å²) >= 11 is 6.31. The van der Waals surface area contributed by atoms with E-state index >= 15 is 0 Å². The summed E-state index contributed by atoms with van der Waals surface area (Å²) in [6.07, 6.45) is 1.93. The lowest BCUT2D eigenvalue weighted by Gasteiger charge is -2.04. The summed E-state index contributed by atoms with van der Waals surface area (Å²) in [5.41, 5.74) is 0.664. The van der Waals surface area contributed by atoms with Crippen LogP contribution >= 0.6 is 24.0 Å². The van der Waals surface area contributed by atoms with Gasteiger partial charge in [0.1, 0.15) is 22.8 Å². The van der Waals surface area contributed by atoms with Gasteiger partial charge in [-0.2, -0.15) is 0 Å². The van der Waals surface area contributed by atoms with E-state index in [9.17, 15) is 14.7 Å². The minimum absolute atomic E-state index is 0.0134. The number of thioether (sulfide) groups is 1. The fraction of sp³-hybridized carbons (Fsp3) is 0.118. The van der Waals surface area contributed by atoms with Gasteiger partial charge in [-0.05, 0) is 36.4 Å². The van der Waals surface area contributed by atoms with Gasteiger partial charge >= 0.3 is 5.97 Å². The zero-order valence-electron chi connectivity index (χ0n) is 12.6. The van der Waals surface area contributed by atoms with Crippen LogP contribution in [0.1, 0.15) is 22.5 Å². The van der Waals surface area contributed by atoms with E-state index in [1.54, 1.807) is 24.3 Å². The number of furan rings is 1. The first-order valence-corrected chi connectivity index (χ1v) is 8.17. The highest BCUT2D eigenvalue weighted by atomic mass is 32.2. The van der Waals surface area contributed by atoms with Crippen molar-refractivity contribution in [2.75, 3.05) is 7.11 Å². The molecule has 0 aliphatic carbocycles. The maximum atomic E-state index is 11.8. The molecule has 0 saturated carbocycles. The lowest BCUT2D eigenvalue weighted by atomic mass is 10.1. The first kappa shape index (κ1) is 16.5. The molecule has 0 spiro atoms. The number of carbonyl (C=O) groups is 2. The third kappa shape index (κ3) is 3.27. The van der Waals surface area contributed by atoms with Crippen LogP contribution in [0.15, 0.2) is 39.7 Å². The molecule has 0 unspecified atom stereocenters. The van der Waals surface area contributed by atoms with Crippen molar-refractivity contribution in [3.63, 3.8) is 0 Å². The quantitative estimate of drug-likeness (QED) is 0.506. The molecule has 24 heavy (non-hydrogen) atoms. The second-order valence-corrected chi connectivity index (χ2v) is 6.90. The Bertz CT molecular complexity index is 879. The van der Waals surface area contributed by atoms with Crippen LogP contribution in [-0.2, 0) is 9.53 Å². The van der Waals surface area contributed by atoms with Crippen LogP contribution in [-0.4, -0.2) is 28.2 Å². The molecule has 2 heterocycles. The molecule has 1 aliphatic rings. The fourth-order valence-electron chi connectivity index (χ4n) is 2.22. The molecule has 1 fully saturated rings. The molecule has 1 aliphatic heterocycles. The first-order valence-electron chi connectivity index (χ1n) is 6.95. The zero-order valence-corrected chi connectivity index (χ0v) is 14.2. The normalized spacial score (nSPS) is 16.0. The number of rotatable bonds is 3. The van der Waals surface area contributed by atoms with Crippen LogP contribution in [0.25, 0.3) is 17.4 Å². The van der Waals surface area contributed by atoms with E-state index in [2.05, 4.69) is 4.74 Å². The molecule has 5 nitrogen and oxygen atoms in total. The minimum atomic E-state index is -0.635. The molecule has 0 atom stereocenters. The van der Waals surface area contributed by atoms with Gasteiger partial charge in [-0.1, -0.05) is 24.0 Å². The number of thiocarbonyl (C=S) groups is 1. The van der Waals surface area contributed by atoms with Crippen molar-refractivity contribution in [2.45, 2.75) is 6.42 Å². The van der Waals surface area contributed by atoms with E-state index in [-0.39, 0.29) is 23.5 Å². The first-order chi connectivity index (χ1) is 11.5. The van der Waals surface area contributed by atoms with Crippen LogP contribution < -0.4 is 0 Å². The number of carbonyl (C=O) groups excluding carboxylic acids is 2. The SMILES string of the molecule is COC(=O)c1cc(-c2ccc(/C=C3\SC(=S)CC3=O)o2)ccc1O. The van der Waals surface area contributed by atoms with Crippen molar-refractivity contribution in [3.05, 3.63) is 46.6 Å². The van der Waals surface area contributed by atoms with Crippen LogP contribution in [0.4, 0.5) is 0 Å². The fourth-order valence-corrected chi connectivity index (χ4v) is 3.43. The van der Waals surface area contributed by atoms with E-state index in [1.165, 1.54) is 31.0 Å². The highest BCUT2D eigenvalue weighted by Crippen LogP contribution is 2.33. The Morgan fingerprint density at radius 2 is 2.17 bits per heavy atom. The average molecular weight is 360 g/mol. The molecule has 122 valence electrons. The van der Waals surface area contributed by atoms with Gasteiger partial charge in [-0.15, -0.1) is 0 Å². The van der Waals surface area contributed by atoms with Crippen molar-refractivity contribution < 1.29 is 23.8 Å². The number of esters is 1. The number of hydrogen-bond donors (Lipinski definition) is 1. The number of phenols is 1. The van der Waals surface area contributed by atoms with Gasteiger partial charge in [-0.25, -0.2) is 4.79 Å². The molecular formula is C17H12O5S2. The molecule has 7 heteroatoms. The number of benzene rings is 1. The number of allylic oxidation sites excluding steroid dienone is 1. The molecule has 0 bridgehead atoms. The van der Waals surface area contributed by atoms with Crippen molar-refractivity contribution in [1.29, 1.82) is 0 Å². The maximum absolute atomic E-state index is 11.8. The Morgan fingerprint density at radius 1 is 1.38 bits per heavy atom.